The van der Waals surface area contributed by atoms with E-state index in [0.29, 0.717) is 16.7 Å². The molecule has 0 aliphatic rings. The van der Waals surface area contributed by atoms with E-state index in [2.05, 4.69) is 0 Å². The first-order chi connectivity index (χ1) is 12.0. The van der Waals surface area contributed by atoms with Crippen molar-refractivity contribution in [3.63, 3.8) is 0 Å². The van der Waals surface area contributed by atoms with Crippen molar-refractivity contribution in [1.29, 1.82) is 0 Å². The van der Waals surface area contributed by atoms with Gasteiger partial charge in [-0.15, -0.1) is 0 Å². The molecule has 0 aromatic heterocycles. The standard InChI is InChI=1S/C19H21FO4S/c20-18-7-6-16(17(13-18)12-15(14-22)8-10-21)9-11-25(23,24)19-4-2-1-3-5-19/h1-8,13,21-22H,9-12,14H2/b15-8-. The molecule has 6 heteroatoms. The zero-order valence-corrected chi connectivity index (χ0v) is 14.5. The average molecular weight is 364 g/mol. The molecule has 134 valence electrons. The van der Waals surface area contributed by atoms with Gasteiger partial charge in [-0.05, 0) is 53.8 Å². The highest BCUT2D eigenvalue weighted by molar-refractivity contribution is 7.91. The Morgan fingerprint density at radius 3 is 2.40 bits per heavy atom. The second-order valence-corrected chi connectivity index (χ2v) is 7.78. The predicted octanol–water partition coefficient (Wildman–Crippen LogP) is 2.30. The molecule has 2 N–H and O–H groups in total. The molecule has 4 nitrogen and oxygen atoms in total. The van der Waals surface area contributed by atoms with Crippen LogP contribution in [0.1, 0.15) is 11.1 Å². The van der Waals surface area contributed by atoms with Crippen LogP contribution in [0.15, 0.2) is 65.1 Å². The Kier molecular flexibility index (Phi) is 6.87. The van der Waals surface area contributed by atoms with Crippen LogP contribution in [0, 0.1) is 5.82 Å². The Labute approximate surface area is 147 Å². The molecule has 0 aliphatic carbocycles. The van der Waals surface area contributed by atoms with Crippen LogP contribution in [0.5, 0.6) is 0 Å². The molecule has 25 heavy (non-hydrogen) atoms. The third-order valence-electron chi connectivity index (χ3n) is 3.91. The maximum atomic E-state index is 13.6. The average Bonchev–Trinajstić information content (AvgIpc) is 2.61. The summed E-state index contributed by atoms with van der Waals surface area (Å²) in [6, 6.07) is 12.4. The number of aliphatic hydroxyl groups is 2. The molecule has 0 unspecified atom stereocenters. The number of hydrogen-bond acceptors (Lipinski definition) is 4. The summed E-state index contributed by atoms with van der Waals surface area (Å²) in [5.41, 5.74) is 1.87. The van der Waals surface area contributed by atoms with Crippen molar-refractivity contribution < 1.29 is 23.0 Å². The Bertz CT molecular complexity index is 830. The molecule has 2 aromatic carbocycles. The second kappa shape index (κ2) is 8.89. The number of aliphatic hydroxyl groups excluding tert-OH is 2. The van der Waals surface area contributed by atoms with Crippen LogP contribution in [0.4, 0.5) is 4.39 Å². The highest BCUT2D eigenvalue weighted by Gasteiger charge is 2.15. The number of benzene rings is 2. The van der Waals surface area contributed by atoms with E-state index in [0.717, 1.165) is 0 Å². The summed E-state index contributed by atoms with van der Waals surface area (Å²) >= 11 is 0. The van der Waals surface area contributed by atoms with Crippen molar-refractivity contribution in [2.24, 2.45) is 0 Å². The van der Waals surface area contributed by atoms with Crippen molar-refractivity contribution in [1.82, 2.24) is 0 Å². The van der Waals surface area contributed by atoms with Crippen molar-refractivity contribution in [2.45, 2.75) is 17.7 Å². The van der Waals surface area contributed by atoms with Gasteiger partial charge in [0.25, 0.3) is 0 Å². The first kappa shape index (κ1) is 19.3. The summed E-state index contributed by atoms with van der Waals surface area (Å²) in [5, 5.41) is 18.3. The summed E-state index contributed by atoms with van der Waals surface area (Å²) in [5.74, 6) is -0.515. The fourth-order valence-corrected chi connectivity index (χ4v) is 3.86. The molecule has 2 aromatic rings. The van der Waals surface area contributed by atoms with Gasteiger partial charge >= 0.3 is 0 Å². The van der Waals surface area contributed by atoms with Gasteiger partial charge in [0.2, 0.25) is 0 Å². The van der Waals surface area contributed by atoms with E-state index < -0.39 is 15.7 Å². The molecule has 0 aliphatic heterocycles. The smallest absolute Gasteiger partial charge is 0.178 e. The van der Waals surface area contributed by atoms with Gasteiger partial charge < -0.3 is 10.2 Å². The maximum absolute atomic E-state index is 13.6. The van der Waals surface area contributed by atoms with Crippen LogP contribution in [-0.4, -0.2) is 37.6 Å². The predicted molar refractivity (Wildman–Crippen MR) is 94.6 cm³/mol. The van der Waals surface area contributed by atoms with E-state index in [1.165, 1.54) is 18.2 Å². The maximum Gasteiger partial charge on any atom is 0.178 e. The number of aryl methyl sites for hydroxylation is 1. The highest BCUT2D eigenvalue weighted by Crippen LogP contribution is 2.19. The Hall–Kier alpha value is -2.02. The van der Waals surface area contributed by atoms with Crippen LogP contribution >= 0.6 is 0 Å². The molecule has 0 bridgehead atoms. The van der Waals surface area contributed by atoms with E-state index in [4.69, 9.17) is 5.11 Å². The van der Waals surface area contributed by atoms with E-state index in [-0.39, 0.29) is 36.7 Å². The molecule has 0 spiro atoms. The fraction of sp³-hybridized carbons (Fsp3) is 0.263. The van der Waals surface area contributed by atoms with Crippen LogP contribution in [0.25, 0.3) is 0 Å². The Morgan fingerprint density at radius 2 is 1.76 bits per heavy atom. The monoisotopic (exact) mass is 364 g/mol. The van der Waals surface area contributed by atoms with Crippen molar-refractivity contribution in [3.05, 3.63) is 77.1 Å². The van der Waals surface area contributed by atoms with Crippen LogP contribution in [0.3, 0.4) is 0 Å². The normalized spacial score (nSPS) is 12.4. The lowest BCUT2D eigenvalue weighted by molar-refractivity contribution is 0.317. The zero-order chi connectivity index (χ0) is 18.3. The van der Waals surface area contributed by atoms with Crippen molar-refractivity contribution in [2.75, 3.05) is 19.0 Å². The fourth-order valence-electron chi connectivity index (χ4n) is 2.56. The van der Waals surface area contributed by atoms with Gasteiger partial charge in [-0.2, -0.15) is 0 Å². The molecule has 0 amide bonds. The molecule has 2 rings (SSSR count). The first-order valence-corrected chi connectivity index (χ1v) is 9.56. The molecular formula is C19H21FO4S. The molecule has 0 heterocycles. The van der Waals surface area contributed by atoms with Gasteiger partial charge in [-0.3, -0.25) is 0 Å². The third-order valence-corrected chi connectivity index (χ3v) is 5.64. The minimum absolute atomic E-state index is 0.0895. The van der Waals surface area contributed by atoms with Crippen LogP contribution < -0.4 is 0 Å². The summed E-state index contributed by atoms with van der Waals surface area (Å²) < 4.78 is 38.4. The van der Waals surface area contributed by atoms with Gasteiger partial charge in [-0.25, -0.2) is 12.8 Å². The lowest BCUT2D eigenvalue weighted by Gasteiger charge is -2.12. The molecule has 0 saturated carbocycles. The van der Waals surface area contributed by atoms with Gasteiger partial charge in [-0.1, -0.05) is 30.3 Å². The van der Waals surface area contributed by atoms with Crippen LogP contribution in [-0.2, 0) is 22.7 Å². The van der Waals surface area contributed by atoms with E-state index >= 15 is 0 Å². The number of sulfone groups is 1. The minimum atomic E-state index is -3.43. The Balaban J connectivity index is 2.21. The summed E-state index contributed by atoms with van der Waals surface area (Å²) in [4.78, 5) is 0.259. The molecular weight excluding hydrogens is 343 g/mol. The minimum Gasteiger partial charge on any atom is -0.392 e. The van der Waals surface area contributed by atoms with E-state index in [1.54, 1.807) is 36.4 Å². The number of hydrogen-bond donors (Lipinski definition) is 2. The second-order valence-electron chi connectivity index (χ2n) is 5.67. The van der Waals surface area contributed by atoms with Crippen molar-refractivity contribution >= 4 is 9.84 Å². The van der Waals surface area contributed by atoms with Gasteiger partial charge in [0.15, 0.2) is 9.84 Å². The lowest BCUT2D eigenvalue weighted by Crippen LogP contribution is -2.11. The van der Waals surface area contributed by atoms with E-state index in [9.17, 15) is 17.9 Å². The number of halogens is 1. The largest absolute Gasteiger partial charge is 0.392 e. The zero-order valence-electron chi connectivity index (χ0n) is 13.7. The quantitative estimate of drug-likeness (QED) is 0.705. The van der Waals surface area contributed by atoms with Crippen molar-refractivity contribution in [3.8, 4) is 0 Å². The summed E-state index contributed by atoms with van der Waals surface area (Å²) in [6.07, 6.45) is 1.97. The molecule has 0 radical (unpaired) electrons. The van der Waals surface area contributed by atoms with Gasteiger partial charge in [0, 0.05) is 0 Å². The third kappa shape index (κ3) is 5.49. The van der Waals surface area contributed by atoms with Gasteiger partial charge in [0.05, 0.1) is 23.9 Å². The lowest BCUT2D eigenvalue weighted by atomic mass is 9.98. The SMILES string of the molecule is O=S(=O)(CCc1ccc(F)cc1C/C(=C/CO)CO)c1ccccc1. The highest BCUT2D eigenvalue weighted by atomic mass is 32.2. The van der Waals surface area contributed by atoms with E-state index in [1.807, 2.05) is 0 Å². The molecule has 0 saturated heterocycles. The molecule has 0 atom stereocenters. The van der Waals surface area contributed by atoms with Gasteiger partial charge in [0.1, 0.15) is 5.82 Å². The summed E-state index contributed by atoms with van der Waals surface area (Å²) in [7, 11) is -3.43. The number of rotatable bonds is 8. The first-order valence-electron chi connectivity index (χ1n) is 7.91. The molecule has 0 fully saturated rings. The van der Waals surface area contributed by atoms with Crippen LogP contribution in [0.2, 0.25) is 0 Å². The summed E-state index contributed by atoms with van der Waals surface area (Å²) in [6.45, 7) is -0.470. The Morgan fingerprint density at radius 1 is 1.04 bits per heavy atom. The topological polar surface area (TPSA) is 74.6 Å².